The molecular formula is C11H13O2. The summed E-state index contributed by atoms with van der Waals surface area (Å²) in [6.07, 6.45) is 0. The van der Waals surface area contributed by atoms with E-state index in [4.69, 9.17) is 5.11 Å². The van der Waals surface area contributed by atoms with Crippen molar-refractivity contribution in [1.29, 1.82) is 0 Å². The van der Waals surface area contributed by atoms with E-state index in [1.807, 2.05) is 20.8 Å². The van der Waals surface area contributed by atoms with Crippen molar-refractivity contribution in [3.63, 3.8) is 0 Å². The molecule has 13 heavy (non-hydrogen) atoms. The lowest BCUT2D eigenvalue weighted by Gasteiger charge is -2.20. The van der Waals surface area contributed by atoms with Crippen LogP contribution in [0.15, 0.2) is 18.2 Å². The van der Waals surface area contributed by atoms with E-state index in [-0.39, 0.29) is 5.41 Å². The Kier molecular flexibility index (Phi) is 2.41. The molecule has 69 valence electrons. The predicted octanol–water partition coefficient (Wildman–Crippen LogP) is 2.48. The lowest BCUT2D eigenvalue weighted by molar-refractivity contribution is 0.0694. The minimum Gasteiger partial charge on any atom is -0.478 e. The first-order valence-corrected chi connectivity index (χ1v) is 4.17. The van der Waals surface area contributed by atoms with Gasteiger partial charge >= 0.3 is 5.97 Å². The maximum Gasteiger partial charge on any atom is 0.336 e. The molecule has 1 aromatic rings. The summed E-state index contributed by atoms with van der Waals surface area (Å²) in [5.74, 6) is -0.887. The zero-order chi connectivity index (χ0) is 10.1. The highest BCUT2D eigenvalue weighted by atomic mass is 16.4. The fourth-order valence-electron chi connectivity index (χ4n) is 1.24. The predicted molar refractivity (Wildman–Crippen MR) is 50.9 cm³/mol. The highest BCUT2D eigenvalue weighted by molar-refractivity contribution is 5.89. The number of carbonyl (C=O) groups is 1. The molecule has 1 rings (SSSR count). The fraction of sp³-hybridized carbons (Fsp3) is 0.364. The standard InChI is InChI=1S/C11H13O2/c1-11(2,3)9-7-5-4-6-8(9)10(12)13/h4-6H,1-3H3,(H,12,13). The van der Waals surface area contributed by atoms with Crippen LogP contribution in [-0.4, -0.2) is 11.1 Å². The number of carboxylic acid groups (broad SMARTS) is 1. The van der Waals surface area contributed by atoms with Crippen LogP contribution in [0.5, 0.6) is 0 Å². The van der Waals surface area contributed by atoms with Crippen molar-refractivity contribution < 1.29 is 9.90 Å². The molecule has 0 saturated heterocycles. The van der Waals surface area contributed by atoms with Crippen molar-refractivity contribution in [3.8, 4) is 0 Å². The largest absolute Gasteiger partial charge is 0.478 e. The van der Waals surface area contributed by atoms with E-state index in [1.54, 1.807) is 18.2 Å². The maximum atomic E-state index is 10.8. The van der Waals surface area contributed by atoms with Gasteiger partial charge in [0.05, 0.1) is 5.56 Å². The Morgan fingerprint density at radius 2 is 2.08 bits per heavy atom. The first-order chi connectivity index (χ1) is 5.93. The third-order valence-corrected chi connectivity index (χ3v) is 1.84. The molecular weight excluding hydrogens is 164 g/mol. The molecule has 0 saturated carbocycles. The van der Waals surface area contributed by atoms with Gasteiger partial charge in [0.2, 0.25) is 0 Å². The van der Waals surface area contributed by atoms with Crippen LogP contribution in [0.3, 0.4) is 0 Å². The molecule has 2 nitrogen and oxygen atoms in total. The number of carboxylic acids is 1. The monoisotopic (exact) mass is 177 g/mol. The van der Waals surface area contributed by atoms with Crippen molar-refractivity contribution in [1.82, 2.24) is 0 Å². The first kappa shape index (κ1) is 9.78. The van der Waals surface area contributed by atoms with Crippen LogP contribution in [0.25, 0.3) is 0 Å². The highest BCUT2D eigenvalue weighted by Crippen LogP contribution is 2.24. The number of aromatic carboxylic acids is 1. The molecule has 1 aromatic carbocycles. The summed E-state index contributed by atoms with van der Waals surface area (Å²) < 4.78 is 0. The summed E-state index contributed by atoms with van der Waals surface area (Å²) in [6, 6.07) is 8.02. The van der Waals surface area contributed by atoms with Gasteiger partial charge in [-0.2, -0.15) is 0 Å². The van der Waals surface area contributed by atoms with E-state index in [1.165, 1.54) is 0 Å². The van der Waals surface area contributed by atoms with Crippen molar-refractivity contribution in [3.05, 3.63) is 35.4 Å². The van der Waals surface area contributed by atoms with Crippen molar-refractivity contribution in [2.24, 2.45) is 0 Å². The van der Waals surface area contributed by atoms with E-state index < -0.39 is 5.97 Å². The van der Waals surface area contributed by atoms with Crippen molar-refractivity contribution in [2.75, 3.05) is 0 Å². The van der Waals surface area contributed by atoms with Gasteiger partial charge in [-0.3, -0.25) is 0 Å². The number of hydrogen-bond acceptors (Lipinski definition) is 1. The zero-order valence-electron chi connectivity index (χ0n) is 8.09. The second-order valence-electron chi connectivity index (χ2n) is 4.01. The molecule has 0 heterocycles. The van der Waals surface area contributed by atoms with Crippen LogP contribution < -0.4 is 0 Å². The average Bonchev–Trinajstić information content (AvgIpc) is 2.03. The molecule has 1 N–H and O–H groups in total. The van der Waals surface area contributed by atoms with Gasteiger partial charge < -0.3 is 5.11 Å². The molecule has 0 aliphatic carbocycles. The van der Waals surface area contributed by atoms with Gasteiger partial charge in [-0.15, -0.1) is 0 Å². The Labute approximate surface area is 78.2 Å². The van der Waals surface area contributed by atoms with Gasteiger partial charge in [0, 0.05) is 0 Å². The second-order valence-corrected chi connectivity index (χ2v) is 4.01. The molecule has 0 fully saturated rings. The van der Waals surface area contributed by atoms with Gasteiger partial charge in [-0.1, -0.05) is 32.9 Å². The number of benzene rings is 1. The normalized spacial score (nSPS) is 11.3. The lowest BCUT2D eigenvalue weighted by atomic mass is 9.84. The molecule has 2 heteroatoms. The summed E-state index contributed by atoms with van der Waals surface area (Å²) >= 11 is 0. The second kappa shape index (κ2) is 3.21. The van der Waals surface area contributed by atoms with Crippen LogP contribution in [0.1, 0.15) is 36.7 Å². The Bertz CT molecular complexity index is 321. The third-order valence-electron chi connectivity index (χ3n) is 1.84. The quantitative estimate of drug-likeness (QED) is 0.715. The van der Waals surface area contributed by atoms with Crippen molar-refractivity contribution in [2.45, 2.75) is 26.2 Å². The van der Waals surface area contributed by atoms with E-state index in [0.29, 0.717) is 5.56 Å². The smallest absolute Gasteiger partial charge is 0.336 e. The average molecular weight is 177 g/mol. The van der Waals surface area contributed by atoms with Gasteiger partial charge in [0.1, 0.15) is 0 Å². The van der Waals surface area contributed by atoms with Gasteiger partial charge in [0.25, 0.3) is 0 Å². The lowest BCUT2D eigenvalue weighted by Crippen LogP contribution is -2.16. The molecule has 0 aromatic heterocycles. The van der Waals surface area contributed by atoms with E-state index in [9.17, 15) is 4.79 Å². The van der Waals surface area contributed by atoms with Crippen LogP contribution in [0.2, 0.25) is 0 Å². The molecule has 0 spiro atoms. The van der Waals surface area contributed by atoms with Crippen LogP contribution in [0, 0.1) is 6.07 Å². The Balaban J connectivity index is 3.28. The van der Waals surface area contributed by atoms with E-state index >= 15 is 0 Å². The first-order valence-electron chi connectivity index (χ1n) is 4.17. The molecule has 0 atom stereocenters. The van der Waals surface area contributed by atoms with Crippen LogP contribution in [0.4, 0.5) is 0 Å². The van der Waals surface area contributed by atoms with Crippen LogP contribution >= 0.6 is 0 Å². The van der Waals surface area contributed by atoms with E-state index in [0.717, 1.165) is 5.56 Å². The number of rotatable bonds is 1. The SMILES string of the molecule is CC(C)(C)c1[c]cccc1C(=O)O. The summed E-state index contributed by atoms with van der Waals surface area (Å²) in [7, 11) is 0. The Hall–Kier alpha value is -1.31. The molecule has 0 aliphatic rings. The van der Waals surface area contributed by atoms with Crippen LogP contribution in [-0.2, 0) is 5.41 Å². The summed E-state index contributed by atoms with van der Waals surface area (Å²) in [4.78, 5) is 10.8. The Morgan fingerprint density at radius 1 is 1.46 bits per heavy atom. The van der Waals surface area contributed by atoms with Gasteiger partial charge in [-0.25, -0.2) is 4.79 Å². The van der Waals surface area contributed by atoms with Crippen molar-refractivity contribution >= 4 is 5.97 Å². The molecule has 0 aliphatic heterocycles. The minimum absolute atomic E-state index is 0.172. The Morgan fingerprint density at radius 3 is 2.46 bits per heavy atom. The summed E-state index contributed by atoms with van der Waals surface area (Å²) in [6.45, 7) is 5.93. The topological polar surface area (TPSA) is 37.3 Å². The van der Waals surface area contributed by atoms with Gasteiger partial charge in [0.15, 0.2) is 0 Å². The molecule has 1 radical (unpaired) electrons. The molecule has 0 bridgehead atoms. The maximum absolute atomic E-state index is 10.8. The fourth-order valence-corrected chi connectivity index (χ4v) is 1.24. The summed E-state index contributed by atoms with van der Waals surface area (Å²) in [5.41, 5.74) is 0.923. The third kappa shape index (κ3) is 2.08. The molecule has 0 unspecified atom stereocenters. The number of hydrogen-bond donors (Lipinski definition) is 1. The zero-order valence-corrected chi connectivity index (χ0v) is 8.09. The minimum atomic E-state index is -0.887. The highest BCUT2D eigenvalue weighted by Gasteiger charge is 2.20. The van der Waals surface area contributed by atoms with E-state index in [2.05, 4.69) is 6.07 Å². The summed E-state index contributed by atoms with van der Waals surface area (Å²) in [5, 5.41) is 8.91. The van der Waals surface area contributed by atoms with Gasteiger partial charge in [-0.05, 0) is 23.1 Å². The molecule has 0 amide bonds.